The summed E-state index contributed by atoms with van der Waals surface area (Å²) >= 11 is 0. The summed E-state index contributed by atoms with van der Waals surface area (Å²) in [6.07, 6.45) is 1.68. The smallest absolute Gasteiger partial charge is 0.226 e. The summed E-state index contributed by atoms with van der Waals surface area (Å²) in [7, 11) is 0. The average Bonchev–Trinajstić information content (AvgIpc) is 3.16. The Hall–Kier alpha value is -2.44. The van der Waals surface area contributed by atoms with Crippen LogP contribution < -0.4 is 5.32 Å². The Morgan fingerprint density at radius 1 is 1.17 bits per heavy atom. The van der Waals surface area contributed by atoms with Crippen LogP contribution >= 0.6 is 0 Å². The predicted octanol–water partition coefficient (Wildman–Crippen LogP) is 2.44. The molecule has 3 rings (SSSR count). The molecule has 0 aliphatic heterocycles. The largest absolute Gasteiger partial charge is 0.444 e. The minimum absolute atomic E-state index is 0.0933. The zero-order valence-corrected chi connectivity index (χ0v) is 14.0. The molecule has 24 heavy (non-hydrogen) atoms. The minimum atomic E-state index is 0.0933. The van der Waals surface area contributed by atoms with Gasteiger partial charge in [-0.1, -0.05) is 18.2 Å². The maximum atomic E-state index is 9.07. The molecule has 0 unspecified atom stereocenters. The third kappa shape index (κ3) is 3.55. The topological polar surface area (TPSA) is 76.1 Å². The number of aliphatic hydroxyl groups excluding tert-OH is 1. The fraction of sp³-hybridized carbons (Fsp3) is 0.333. The van der Waals surface area contributed by atoms with Gasteiger partial charge in [-0.05, 0) is 26.0 Å². The van der Waals surface area contributed by atoms with Crippen molar-refractivity contribution >= 4 is 0 Å². The molecular weight excluding hydrogens is 304 g/mol. The van der Waals surface area contributed by atoms with E-state index in [9.17, 15) is 0 Å². The van der Waals surface area contributed by atoms with Crippen LogP contribution in [0, 0.1) is 13.8 Å². The molecule has 0 aliphatic carbocycles. The summed E-state index contributed by atoms with van der Waals surface area (Å²) in [6, 6.07) is 9.85. The van der Waals surface area contributed by atoms with Gasteiger partial charge in [0, 0.05) is 29.9 Å². The molecular formula is C18H22N4O2. The van der Waals surface area contributed by atoms with Gasteiger partial charge < -0.3 is 14.8 Å². The third-order valence-electron chi connectivity index (χ3n) is 4.02. The van der Waals surface area contributed by atoms with E-state index in [1.807, 2.05) is 48.9 Å². The summed E-state index contributed by atoms with van der Waals surface area (Å²) in [4.78, 5) is 4.51. The van der Waals surface area contributed by atoms with Crippen LogP contribution in [0.4, 0.5) is 0 Å². The molecule has 0 saturated carbocycles. The van der Waals surface area contributed by atoms with Gasteiger partial charge in [0.05, 0.1) is 24.5 Å². The quantitative estimate of drug-likeness (QED) is 0.697. The molecule has 3 aromatic rings. The molecule has 0 atom stereocenters. The van der Waals surface area contributed by atoms with Crippen LogP contribution in [0.3, 0.4) is 0 Å². The van der Waals surface area contributed by atoms with Crippen LogP contribution in [0.15, 0.2) is 41.0 Å². The third-order valence-corrected chi connectivity index (χ3v) is 4.02. The first-order valence-corrected chi connectivity index (χ1v) is 8.03. The van der Waals surface area contributed by atoms with Crippen molar-refractivity contribution in [3.63, 3.8) is 0 Å². The van der Waals surface area contributed by atoms with E-state index in [4.69, 9.17) is 9.52 Å². The molecule has 0 spiro atoms. The highest BCUT2D eigenvalue weighted by atomic mass is 16.3. The Morgan fingerprint density at radius 3 is 2.71 bits per heavy atom. The second-order valence-electron chi connectivity index (χ2n) is 5.71. The van der Waals surface area contributed by atoms with E-state index in [1.165, 1.54) is 0 Å². The van der Waals surface area contributed by atoms with Gasteiger partial charge in [-0.2, -0.15) is 5.10 Å². The van der Waals surface area contributed by atoms with Crippen molar-refractivity contribution in [3.05, 3.63) is 59.2 Å². The van der Waals surface area contributed by atoms with Crippen molar-refractivity contribution in [2.45, 2.75) is 33.5 Å². The highest BCUT2D eigenvalue weighted by Crippen LogP contribution is 2.18. The molecule has 0 saturated heterocycles. The second kappa shape index (κ2) is 7.42. The van der Waals surface area contributed by atoms with Gasteiger partial charge in [-0.3, -0.25) is 4.68 Å². The van der Waals surface area contributed by atoms with E-state index in [0.717, 1.165) is 28.2 Å². The van der Waals surface area contributed by atoms with Gasteiger partial charge in [0.25, 0.3) is 0 Å². The Bertz CT molecular complexity index is 793. The van der Waals surface area contributed by atoms with E-state index in [-0.39, 0.29) is 6.61 Å². The normalized spacial score (nSPS) is 11.1. The number of oxazole rings is 1. The van der Waals surface area contributed by atoms with Crippen LogP contribution in [0.2, 0.25) is 0 Å². The van der Waals surface area contributed by atoms with Crippen molar-refractivity contribution in [2.24, 2.45) is 0 Å². The Morgan fingerprint density at radius 2 is 1.96 bits per heavy atom. The van der Waals surface area contributed by atoms with Crippen LogP contribution in [0.5, 0.6) is 0 Å². The van der Waals surface area contributed by atoms with Crippen LogP contribution in [-0.4, -0.2) is 26.5 Å². The highest BCUT2D eigenvalue weighted by Gasteiger charge is 2.11. The first-order valence-electron chi connectivity index (χ1n) is 8.03. The van der Waals surface area contributed by atoms with Gasteiger partial charge in [0.2, 0.25) is 5.89 Å². The molecule has 2 heterocycles. The highest BCUT2D eigenvalue weighted by molar-refractivity contribution is 5.52. The molecule has 1 aromatic carbocycles. The van der Waals surface area contributed by atoms with Gasteiger partial charge in [0.1, 0.15) is 6.26 Å². The van der Waals surface area contributed by atoms with E-state index < -0.39 is 0 Å². The lowest BCUT2D eigenvalue weighted by molar-refractivity contribution is 0.267. The number of aliphatic hydroxyl groups is 1. The molecule has 6 heteroatoms. The van der Waals surface area contributed by atoms with Gasteiger partial charge in [-0.25, -0.2) is 4.98 Å². The van der Waals surface area contributed by atoms with Crippen molar-refractivity contribution < 1.29 is 9.52 Å². The molecule has 2 N–H and O–H groups in total. The lowest BCUT2D eigenvalue weighted by Gasteiger charge is -2.04. The van der Waals surface area contributed by atoms with E-state index in [2.05, 4.69) is 15.4 Å². The molecule has 2 aromatic heterocycles. The van der Waals surface area contributed by atoms with Crippen molar-refractivity contribution in [1.29, 1.82) is 0 Å². The predicted molar refractivity (Wildman–Crippen MR) is 91.3 cm³/mol. The molecule has 126 valence electrons. The fourth-order valence-corrected chi connectivity index (χ4v) is 2.72. The first kappa shape index (κ1) is 16.4. The summed E-state index contributed by atoms with van der Waals surface area (Å²) in [5.41, 5.74) is 5.07. The second-order valence-corrected chi connectivity index (χ2v) is 5.71. The van der Waals surface area contributed by atoms with E-state index in [0.29, 0.717) is 25.5 Å². The first-order chi connectivity index (χ1) is 11.7. The van der Waals surface area contributed by atoms with Gasteiger partial charge >= 0.3 is 0 Å². The maximum Gasteiger partial charge on any atom is 0.226 e. The van der Waals surface area contributed by atoms with Crippen molar-refractivity contribution in [3.8, 4) is 11.5 Å². The van der Waals surface area contributed by atoms with Gasteiger partial charge in [-0.15, -0.1) is 0 Å². The fourth-order valence-electron chi connectivity index (χ4n) is 2.72. The maximum absolute atomic E-state index is 9.07. The Kier molecular flexibility index (Phi) is 5.08. The van der Waals surface area contributed by atoms with Crippen LogP contribution in [-0.2, 0) is 19.6 Å². The Labute approximate surface area is 141 Å². The Balaban J connectivity index is 1.60. The molecule has 0 fully saturated rings. The zero-order chi connectivity index (χ0) is 16.9. The summed E-state index contributed by atoms with van der Waals surface area (Å²) in [5.74, 6) is 0.635. The number of nitrogens with zero attached hydrogens (tertiary/aromatic N) is 3. The average molecular weight is 326 g/mol. The van der Waals surface area contributed by atoms with Crippen LogP contribution in [0.1, 0.15) is 22.6 Å². The zero-order valence-electron chi connectivity index (χ0n) is 14.0. The van der Waals surface area contributed by atoms with Gasteiger partial charge in [0.15, 0.2) is 0 Å². The molecule has 0 aliphatic rings. The lowest BCUT2D eigenvalue weighted by atomic mass is 10.2. The van der Waals surface area contributed by atoms with Crippen molar-refractivity contribution in [1.82, 2.24) is 20.1 Å². The number of rotatable bonds is 7. The molecule has 0 amide bonds. The van der Waals surface area contributed by atoms with E-state index >= 15 is 0 Å². The summed E-state index contributed by atoms with van der Waals surface area (Å²) < 4.78 is 7.38. The monoisotopic (exact) mass is 326 g/mol. The number of nitrogens with one attached hydrogen (secondary N) is 1. The number of hydrogen-bond donors (Lipinski definition) is 2. The van der Waals surface area contributed by atoms with Crippen LogP contribution in [0.25, 0.3) is 11.5 Å². The number of aromatic nitrogens is 3. The van der Waals surface area contributed by atoms with Crippen molar-refractivity contribution in [2.75, 3.05) is 6.61 Å². The number of hydrogen-bond acceptors (Lipinski definition) is 5. The standard InChI is InChI=1S/C18H22N4O2/c1-13-17(14(2)22(21-13)8-9-23)11-19-10-16-12-24-18(20-16)15-6-4-3-5-7-15/h3-7,12,19,23H,8-11H2,1-2H3. The minimum Gasteiger partial charge on any atom is -0.444 e. The molecule has 0 bridgehead atoms. The number of benzene rings is 1. The molecule has 6 nitrogen and oxygen atoms in total. The SMILES string of the molecule is Cc1nn(CCO)c(C)c1CNCc1coc(-c2ccccc2)n1. The molecule has 0 radical (unpaired) electrons. The summed E-state index contributed by atoms with van der Waals surface area (Å²) in [5, 5.41) is 16.9. The van der Waals surface area contributed by atoms with E-state index in [1.54, 1.807) is 6.26 Å². The number of aryl methyl sites for hydroxylation is 1. The lowest BCUT2D eigenvalue weighted by Crippen LogP contribution is -2.14. The summed E-state index contributed by atoms with van der Waals surface area (Å²) in [6.45, 7) is 5.96.